The molecule has 0 amide bonds. The summed E-state index contributed by atoms with van der Waals surface area (Å²) in [5.41, 5.74) is 3.05. The fourth-order valence-electron chi connectivity index (χ4n) is 2.01. The molecule has 0 aliphatic carbocycles. The normalized spacial score (nSPS) is 10.5. The van der Waals surface area contributed by atoms with Gasteiger partial charge in [-0.3, -0.25) is 0 Å². The van der Waals surface area contributed by atoms with Gasteiger partial charge in [-0.2, -0.15) is 0 Å². The zero-order chi connectivity index (χ0) is 10.7. The maximum absolute atomic E-state index is 9.66. The van der Waals surface area contributed by atoms with Crippen LogP contribution < -0.4 is 0 Å². The monoisotopic (exact) mass is 194 g/mol. The fraction of sp³-hybridized carbons (Fsp3) is 0.500. The minimum Gasteiger partial charge on any atom is -0.508 e. The molecule has 0 unspecified atom stereocenters. The third-order valence-corrected chi connectivity index (χ3v) is 2.68. The molecule has 78 valence electrons. The number of rotatable bonds is 3. The Morgan fingerprint density at radius 3 is 1.43 bits per heavy atom. The van der Waals surface area contributed by atoms with E-state index in [-0.39, 0.29) is 11.5 Å². The molecule has 0 aromatic heterocycles. The van der Waals surface area contributed by atoms with Crippen molar-refractivity contribution in [2.45, 2.75) is 40.0 Å². The molecule has 14 heavy (non-hydrogen) atoms. The Morgan fingerprint density at radius 2 is 1.14 bits per heavy atom. The molecule has 0 aliphatic rings. The summed E-state index contributed by atoms with van der Waals surface area (Å²) in [5.74, 6) is 0.443. The van der Waals surface area contributed by atoms with Crippen molar-refractivity contribution in [3.8, 4) is 11.5 Å². The Hall–Kier alpha value is -1.18. The summed E-state index contributed by atoms with van der Waals surface area (Å²) < 4.78 is 0. The molecule has 2 nitrogen and oxygen atoms in total. The predicted molar refractivity (Wildman–Crippen MR) is 57.9 cm³/mol. The van der Waals surface area contributed by atoms with E-state index < -0.39 is 0 Å². The molecule has 2 heteroatoms. The van der Waals surface area contributed by atoms with Crippen molar-refractivity contribution in [1.82, 2.24) is 0 Å². The van der Waals surface area contributed by atoms with Crippen molar-refractivity contribution < 1.29 is 10.2 Å². The van der Waals surface area contributed by atoms with Gasteiger partial charge in [0, 0.05) is 6.07 Å². The molecule has 0 aliphatic heterocycles. The highest BCUT2D eigenvalue weighted by molar-refractivity contribution is 5.51. The molecule has 0 heterocycles. The number of phenols is 2. The average Bonchev–Trinajstić information content (AvgIpc) is 2.16. The van der Waals surface area contributed by atoms with Gasteiger partial charge in [-0.15, -0.1) is 0 Å². The summed E-state index contributed by atoms with van der Waals surface area (Å²) in [6.07, 6.45) is 2.47. The number of phenolic OH excluding ortho intramolecular Hbond substituents is 2. The smallest absolute Gasteiger partial charge is 0.122 e. The molecule has 0 atom stereocenters. The molecule has 1 rings (SSSR count). The van der Waals surface area contributed by atoms with Crippen molar-refractivity contribution in [3.05, 3.63) is 22.8 Å². The van der Waals surface area contributed by atoms with Gasteiger partial charge in [0.1, 0.15) is 11.5 Å². The van der Waals surface area contributed by atoms with Gasteiger partial charge in [0.15, 0.2) is 0 Å². The minimum absolute atomic E-state index is 0.221. The lowest BCUT2D eigenvalue weighted by Crippen LogP contribution is -1.98. The number of aromatic hydroxyl groups is 2. The fourth-order valence-corrected chi connectivity index (χ4v) is 2.01. The molecular formula is C12H18O2. The van der Waals surface area contributed by atoms with Gasteiger partial charge in [-0.05, 0) is 36.0 Å². The molecule has 1 aromatic rings. The molecule has 0 saturated heterocycles. The minimum atomic E-state index is 0.221. The summed E-state index contributed by atoms with van der Waals surface area (Å²) >= 11 is 0. The zero-order valence-electron chi connectivity index (χ0n) is 9.09. The van der Waals surface area contributed by atoms with Gasteiger partial charge in [0.2, 0.25) is 0 Å². The van der Waals surface area contributed by atoms with Crippen LogP contribution >= 0.6 is 0 Å². The maximum atomic E-state index is 9.66. The molecule has 1 aromatic carbocycles. The second-order valence-corrected chi connectivity index (χ2v) is 3.41. The van der Waals surface area contributed by atoms with Crippen LogP contribution in [0, 0.1) is 0 Å². The summed E-state index contributed by atoms with van der Waals surface area (Å²) in [4.78, 5) is 0. The van der Waals surface area contributed by atoms with Crippen LogP contribution in [0.1, 0.15) is 37.5 Å². The molecule has 0 spiro atoms. The lowest BCUT2D eigenvalue weighted by molar-refractivity contribution is 0.440. The Morgan fingerprint density at radius 1 is 0.786 bits per heavy atom. The zero-order valence-corrected chi connectivity index (χ0v) is 9.09. The first-order valence-electron chi connectivity index (χ1n) is 5.21. The topological polar surface area (TPSA) is 40.5 Å². The molecule has 0 saturated carbocycles. The van der Waals surface area contributed by atoms with Gasteiger partial charge in [0.25, 0.3) is 0 Å². The highest BCUT2D eigenvalue weighted by Gasteiger charge is 2.13. The summed E-state index contributed by atoms with van der Waals surface area (Å²) in [5, 5.41) is 19.3. The summed E-state index contributed by atoms with van der Waals surface area (Å²) in [6, 6.07) is 1.46. The molecule has 0 bridgehead atoms. The van der Waals surface area contributed by atoms with E-state index in [0.29, 0.717) is 0 Å². The lowest BCUT2D eigenvalue weighted by atomic mass is 9.94. The van der Waals surface area contributed by atoms with Gasteiger partial charge < -0.3 is 10.2 Å². The molecule has 0 fully saturated rings. The van der Waals surface area contributed by atoms with Gasteiger partial charge in [-0.1, -0.05) is 20.8 Å². The van der Waals surface area contributed by atoms with Gasteiger partial charge in [0.05, 0.1) is 0 Å². The Labute approximate surface area is 85.2 Å². The molecule has 2 N–H and O–H groups in total. The highest BCUT2D eigenvalue weighted by atomic mass is 16.3. The van der Waals surface area contributed by atoms with Crippen LogP contribution in [0.15, 0.2) is 6.07 Å². The van der Waals surface area contributed by atoms with Crippen molar-refractivity contribution in [3.63, 3.8) is 0 Å². The Bertz CT molecular complexity index is 301. The van der Waals surface area contributed by atoms with Crippen molar-refractivity contribution in [1.29, 1.82) is 0 Å². The van der Waals surface area contributed by atoms with Crippen LogP contribution in [0.2, 0.25) is 0 Å². The van der Waals surface area contributed by atoms with Crippen molar-refractivity contribution in [2.75, 3.05) is 0 Å². The van der Waals surface area contributed by atoms with Crippen LogP contribution in [-0.4, -0.2) is 10.2 Å². The van der Waals surface area contributed by atoms with Crippen LogP contribution in [0.3, 0.4) is 0 Å². The van der Waals surface area contributed by atoms with E-state index in [0.717, 1.165) is 36.0 Å². The van der Waals surface area contributed by atoms with E-state index in [1.54, 1.807) is 0 Å². The van der Waals surface area contributed by atoms with Crippen LogP contribution in [0.25, 0.3) is 0 Å². The Kier molecular flexibility index (Phi) is 3.39. The van der Waals surface area contributed by atoms with Crippen molar-refractivity contribution >= 4 is 0 Å². The van der Waals surface area contributed by atoms with Crippen LogP contribution in [0.4, 0.5) is 0 Å². The largest absolute Gasteiger partial charge is 0.508 e. The number of hydrogen-bond acceptors (Lipinski definition) is 2. The maximum Gasteiger partial charge on any atom is 0.122 e. The number of hydrogen-bond donors (Lipinski definition) is 2. The highest BCUT2D eigenvalue weighted by Crippen LogP contribution is 2.33. The first kappa shape index (κ1) is 10.9. The van der Waals surface area contributed by atoms with E-state index >= 15 is 0 Å². The second kappa shape index (κ2) is 4.36. The van der Waals surface area contributed by atoms with Gasteiger partial charge in [-0.25, -0.2) is 0 Å². The quantitative estimate of drug-likeness (QED) is 0.776. The second-order valence-electron chi connectivity index (χ2n) is 3.41. The predicted octanol–water partition coefficient (Wildman–Crippen LogP) is 2.79. The van der Waals surface area contributed by atoms with E-state index in [2.05, 4.69) is 0 Å². The molecule has 0 radical (unpaired) electrons. The Balaban J connectivity index is 3.43. The van der Waals surface area contributed by atoms with E-state index in [1.807, 2.05) is 20.8 Å². The van der Waals surface area contributed by atoms with Crippen molar-refractivity contribution in [2.24, 2.45) is 0 Å². The van der Waals surface area contributed by atoms with E-state index in [4.69, 9.17) is 0 Å². The first-order valence-corrected chi connectivity index (χ1v) is 5.21. The average molecular weight is 194 g/mol. The van der Waals surface area contributed by atoms with Crippen LogP contribution in [-0.2, 0) is 19.3 Å². The lowest BCUT2D eigenvalue weighted by Gasteiger charge is -2.14. The third-order valence-electron chi connectivity index (χ3n) is 2.68. The first-order chi connectivity index (χ1) is 6.65. The summed E-state index contributed by atoms with van der Waals surface area (Å²) in [7, 11) is 0. The molecular weight excluding hydrogens is 176 g/mol. The van der Waals surface area contributed by atoms with Gasteiger partial charge >= 0.3 is 0 Å². The SMILES string of the molecule is CCc1c(O)cc(O)c(CC)c1CC. The number of benzene rings is 1. The van der Waals surface area contributed by atoms with E-state index in [9.17, 15) is 10.2 Å². The standard InChI is InChI=1S/C12H18O2/c1-4-8-9(5-2)11(13)7-12(14)10(8)6-3/h7,13-14H,4-6H2,1-3H3. The van der Waals surface area contributed by atoms with E-state index in [1.165, 1.54) is 6.07 Å². The van der Waals surface area contributed by atoms with Crippen LogP contribution in [0.5, 0.6) is 11.5 Å². The third kappa shape index (κ3) is 1.69. The summed E-state index contributed by atoms with van der Waals surface area (Å²) in [6.45, 7) is 6.09.